The van der Waals surface area contributed by atoms with Gasteiger partial charge in [0.1, 0.15) is 5.65 Å². The highest BCUT2D eigenvalue weighted by Crippen LogP contribution is 2.53. The Bertz CT molecular complexity index is 1310. The molecular weight excluding hydrogens is 436 g/mol. The van der Waals surface area contributed by atoms with Gasteiger partial charge >= 0.3 is 17.2 Å². The number of rotatable bonds is 4. The lowest BCUT2D eigenvalue weighted by Crippen LogP contribution is -2.50. The predicted octanol–water partition coefficient (Wildman–Crippen LogP) is 5.43. The second-order valence-corrected chi connectivity index (χ2v) is 6.94. The third-order valence-corrected chi connectivity index (χ3v) is 4.82. The van der Waals surface area contributed by atoms with Crippen molar-refractivity contribution < 1.29 is 26.3 Å². The van der Waals surface area contributed by atoms with Gasteiger partial charge in [-0.1, -0.05) is 30.3 Å². The van der Waals surface area contributed by atoms with Gasteiger partial charge in [-0.2, -0.15) is 31.4 Å². The number of nitrogens with one attached hydrogen (secondary N) is 1. The standard InChI is InChI=1S/C19H10ClF6N3O/c20-19(25,26)18(23,24)17(21,22)15-13-14(30)11-8-4-5-9-12(11)27-16(13)29(28-15)10-6-2-1-3-7-10/h1-9H,(H,27,30). The number of hydrogen-bond donors (Lipinski definition) is 1. The van der Waals surface area contributed by atoms with E-state index in [1.54, 1.807) is 12.1 Å². The van der Waals surface area contributed by atoms with E-state index >= 15 is 0 Å². The molecule has 4 rings (SSSR count). The number of benzene rings is 2. The van der Waals surface area contributed by atoms with Crippen LogP contribution in [0.3, 0.4) is 0 Å². The Labute approximate surface area is 168 Å². The summed E-state index contributed by atoms with van der Waals surface area (Å²) in [6.45, 7) is 0. The van der Waals surface area contributed by atoms with Crippen LogP contribution in [-0.4, -0.2) is 26.1 Å². The minimum absolute atomic E-state index is 0.101. The Kier molecular flexibility index (Phi) is 4.39. The summed E-state index contributed by atoms with van der Waals surface area (Å²) in [7, 11) is 0. The fourth-order valence-corrected chi connectivity index (χ4v) is 3.22. The molecule has 0 saturated heterocycles. The van der Waals surface area contributed by atoms with Crippen LogP contribution in [-0.2, 0) is 5.92 Å². The van der Waals surface area contributed by atoms with E-state index in [0.29, 0.717) is 0 Å². The molecule has 0 radical (unpaired) electrons. The molecule has 0 aliphatic rings. The van der Waals surface area contributed by atoms with Crippen molar-refractivity contribution in [3.8, 4) is 5.69 Å². The van der Waals surface area contributed by atoms with Gasteiger partial charge in [-0.25, -0.2) is 4.68 Å². The lowest BCUT2D eigenvalue weighted by molar-refractivity contribution is -0.287. The van der Waals surface area contributed by atoms with Gasteiger partial charge in [0, 0.05) is 5.39 Å². The number of nitrogens with zero attached hydrogens (tertiary/aromatic N) is 2. The second kappa shape index (κ2) is 6.49. The van der Waals surface area contributed by atoms with Crippen molar-refractivity contribution in [2.75, 3.05) is 0 Å². The van der Waals surface area contributed by atoms with E-state index in [-0.39, 0.29) is 22.2 Å². The normalized spacial score (nSPS) is 13.3. The molecule has 0 bridgehead atoms. The van der Waals surface area contributed by atoms with Crippen molar-refractivity contribution in [3.05, 3.63) is 70.5 Å². The zero-order valence-corrected chi connectivity index (χ0v) is 15.4. The maximum atomic E-state index is 14.7. The Morgan fingerprint density at radius 1 is 0.900 bits per heavy atom. The molecule has 30 heavy (non-hydrogen) atoms. The first-order chi connectivity index (χ1) is 14.0. The van der Waals surface area contributed by atoms with Crippen LogP contribution < -0.4 is 5.43 Å². The number of H-pyrrole nitrogens is 1. The average Bonchev–Trinajstić information content (AvgIpc) is 3.08. The Morgan fingerprint density at radius 3 is 2.13 bits per heavy atom. The molecule has 156 valence electrons. The van der Waals surface area contributed by atoms with Crippen LogP contribution in [0, 0.1) is 0 Å². The van der Waals surface area contributed by atoms with Crippen LogP contribution >= 0.6 is 11.6 Å². The van der Waals surface area contributed by atoms with Crippen LogP contribution in [0.4, 0.5) is 26.3 Å². The highest BCUT2D eigenvalue weighted by atomic mass is 35.5. The number of alkyl halides is 7. The van der Waals surface area contributed by atoms with Crippen LogP contribution in [0.2, 0.25) is 0 Å². The maximum Gasteiger partial charge on any atom is 0.392 e. The summed E-state index contributed by atoms with van der Waals surface area (Å²) in [4.78, 5) is 15.6. The number of hydrogen-bond acceptors (Lipinski definition) is 2. The van der Waals surface area contributed by atoms with E-state index in [2.05, 4.69) is 21.7 Å². The monoisotopic (exact) mass is 445 g/mol. The van der Waals surface area contributed by atoms with Gasteiger partial charge in [0.15, 0.2) is 5.69 Å². The summed E-state index contributed by atoms with van der Waals surface area (Å²) in [6.07, 6.45) is 0. The summed E-state index contributed by atoms with van der Waals surface area (Å²) in [5.74, 6) is -11.6. The smallest absolute Gasteiger partial charge is 0.339 e. The average molecular weight is 446 g/mol. The number of aromatic amines is 1. The van der Waals surface area contributed by atoms with Crippen molar-refractivity contribution in [3.63, 3.8) is 0 Å². The maximum absolute atomic E-state index is 14.7. The van der Waals surface area contributed by atoms with Gasteiger partial charge < -0.3 is 4.98 Å². The molecule has 1 N–H and O–H groups in total. The molecule has 2 aromatic carbocycles. The molecule has 2 heterocycles. The highest BCUT2D eigenvalue weighted by molar-refractivity contribution is 6.22. The third-order valence-electron chi connectivity index (χ3n) is 4.59. The predicted molar refractivity (Wildman–Crippen MR) is 98.8 cm³/mol. The van der Waals surface area contributed by atoms with Crippen molar-refractivity contribution >= 4 is 33.5 Å². The lowest BCUT2D eigenvalue weighted by Gasteiger charge is -2.28. The van der Waals surface area contributed by atoms with Crippen molar-refractivity contribution in [1.29, 1.82) is 0 Å². The van der Waals surface area contributed by atoms with E-state index in [4.69, 9.17) is 0 Å². The van der Waals surface area contributed by atoms with Crippen LogP contribution in [0.15, 0.2) is 59.4 Å². The molecule has 0 amide bonds. The second-order valence-electron chi connectivity index (χ2n) is 6.47. The fourth-order valence-electron chi connectivity index (χ4n) is 3.10. The number of aromatic nitrogens is 3. The van der Waals surface area contributed by atoms with Crippen molar-refractivity contribution in [2.45, 2.75) is 17.2 Å². The van der Waals surface area contributed by atoms with E-state index in [1.807, 2.05) is 0 Å². The zero-order valence-electron chi connectivity index (χ0n) is 14.6. The summed E-state index contributed by atoms with van der Waals surface area (Å²) >= 11 is 4.29. The topological polar surface area (TPSA) is 50.7 Å². The molecule has 4 nitrogen and oxygen atoms in total. The molecule has 0 aliphatic heterocycles. The summed E-state index contributed by atoms with van der Waals surface area (Å²) in [5, 5.41) is -3.18. The van der Waals surface area contributed by atoms with Gasteiger partial charge in [-0.15, -0.1) is 0 Å². The highest BCUT2D eigenvalue weighted by Gasteiger charge is 2.73. The molecule has 0 aliphatic carbocycles. The minimum atomic E-state index is -6.03. The summed E-state index contributed by atoms with van der Waals surface area (Å²) in [5.41, 5.74) is -2.87. The first-order valence-corrected chi connectivity index (χ1v) is 8.76. The van der Waals surface area contributed by atoms with Crippen LogP contribution in [0.1, 0.15) is 5.69 Å². The van der Waals surface area contributed by atoms with Gasteiger partial charge in [-0.3, -0.25) is 4.79 Å². The largest absolute Gasteiger partial charge is 0.392 e. The van der Waals surface area contributed by atoms with Gasteiger partial charge in [0.25, 0.3) is 0 Å². The molecule has 2 aromatic heterocycles. The van der Waals surface area contributed by atoms with Gasteiger partial charge in [0.05, 0.1) is 16.6 Å². The van der Waals surface area contributed by atoms with E-state index in [9.17, 15) is 31.1 Å². The van der Waals surface area contributed by atoms with Crippen LogP contribution in [0.25, 0.3) is 27.6 Å². The lowest BCUT2D eigenvalue weighted by atomic mass is 10.0. The summed E-state index contributed by atoms with van der Waals surface area (Å²) < 4.78 is 84.6. The number of halogens is 7. The van der Waals surface area contributed by atoms with E-state index in [1.165, 1.54) is 42.5 Å². The molecule has 4 aromatic rings. The number of pyridine rings is 1. The van der Waals surface area contributed by atoms with Crippen molar-refractivity contribution in [2.24, 2.45) is 0 Å². The Morgan fingerprint density at radius 2 is 1.50 bits per heavy atom. The zero-order chi connectivity index (χ0) is 21.9. The molecule has 0 atom stereocenters. The molecule has 0 spiro atoms. The molecule has 11 heteroatoms. The number of fused-ring (bicyclic) bond motifs is 2. The van der Waals surface area contributed by atoms with Gasteiger partial charge in [0.2, 0.25) is 5.43 Å². The van der Waals surface area contributed by atoms with E-state index in [0.717, 1.165) is 4.68 Å². The minimum Gasteiger partial charge on any atom is -0.339 e. The number of para-hydroxylation sites is 2. The van der Waals surface area contributed by atoms with E-state index < -0.39 is 33.7 Å². The molecule has 0 fully saturated rings. The van der Waals surface area contributed by atoms with Crippen molar-refractivity contribution in [1.82, 2.24) is 14.8 Å². The first kappa shape index (κ1) is 20.3. The third kappa shape index (κ3) is 2.78. The van der Waals surface area contributed by atoms with Gasteiger partial charge in [-0.05, 0) is 35.9 Å². The first-order valence-electron chi connectivity index (χ1n) is 8.39. The SMILES string of the molecule is O=c1c2ccccc2[nH]c2c1c(C(F)(F)C(F)(F)C(F)(F)Cl)nn2-c1ccccc1. The quantitative estimate of drug-likeness (QED) is 0.336. The fraction of sp³-hybridized carbons (Fsp3) is 0.158. The Hall–Kier alpha value is -3.01. The van der Waals surface area contributed by atoms with Crippen LogP contribution in [0.5, 0.6) is 0 Å². The molecule has 0 saturated carbocycles. The molecular formula is C19H10ClF6N3O. The Balaban J connectivity index is 2.16. The molecule has 0 unspecified atom stereocenters. The summed E-state index contributed by atoms with van der Waals surface area (Å²) in [6, 6.07) is 13.2.